The summed E-state index contributed by atoms with van der Waals surface area (Å²) < 4.78 is 13.8. The van der Waals surface area contributed by atoms with E-state index in [-0.39, 0.29) is 48.7 Å². The fourth-order valence-corrected chi connectivity index (χ4v) is 5.20. The number of phenols is 2. The Bertz CT molecular complexity index is 724. The number of methoxy groups -OCH3 is 3. The number of rotatable bonds is 12. The number of hydrogen-bond donors (Lipinski definition) is 2. The van der Waals surface area contributed by atoms with Gasteiger partial charge in [0, 0.05) is 17.3 Å². The highest BCUT2D eigenvalue weighted by Gasteiger charge is 2.20. The van der Waals surface area contributed by atoms with Crippen LogP contribution in [0, 0.1) is 0 Å². The fourth-order valence-electron chi connectivity index (χ4n) is 2.00. The second-order valence-electron chi connectivity index (χ2n) is 5.42. The fraction of sp³-hybridized carbons (Fsp3) is 0.500. The van der Waals surface area contributed by atoms with E-state index in [1.165, 1.54) is 62.7 Å². The van der Waals surface area contributed by atoms with Crippen LogP contribution in [0.4, 0.5) is 0 Å². The second-order valence-corrected chi connectivity index (χ2v) is 8.77. The van der Waals surface area contributed by atoms with Crippen LogP contribution in [0.3, 0.4) is 0 Å². The van der Waals surface area contributed by atoms with Gasteiger partial charge in [-0.05, 0) is 6.07 Å². The molecule has 0 fully saturated rings. The van der Waals surface area contributed by atoms with E-state index >= 15 is 0 Å². The molecule has 0 saturated heterocycles. The van der Waals surface area contributed by atoms with Crippen LogP contribution in [-0.2, 0) is 28.6 Å². The van der Waals surface area contributed by atoms with Crippen LogP contribution in [0.1, 0.15) is 19.3 Å². The summed E-state index contributed by atoms with van der Waals surface area (Å²) in [6, 6.07) is 1.42. The summed E-state index contributed by atoms with van der Waals surface area (Å²) in [5.74, 6) is -0.197. The molecular formula is C18H24O8S3. The molecule has 0 amide bonds. The third-order valence-corrected chi connectivity index (χ3v) is 6.87. The Morgan fingerprint density at radius 1 is 0.759 bits per heavy atom. The molecule has 0 aromatic heterocycles. The number of hydrogen-bond acceptors (Lipinski definition) is 11. The third kappa shape index (κ3) is 8.67. The summed E-state index contributed by atoms with van der Waals surface area (Å²) in [5.41, 5.74) is 0. The van der Waals surface area contributed by atoms with Gasteiger partial charge in [0.05, 0.1) is 55.3 Å². The van der Waals surface area contributed by atoms with Crippen molar-refractivity contribution >= 4 is 53.2 Å². The van der Waals surface area contributed by atoms with E-state index in [1.807, 2.05) is 0 Å². The molecule has 1 rings (SSSR count). The molecule has 0 atom stereocenters. The predicted molar refractivity (Wildman–Crippen MR) is 112 cm³/mol. The number of ether oxygens (including phenoxy) is 3. The third-order valence-electron chi connectivity index (χ3n) is 3.51. The molecule has 0 aliphatic carbocycles. The predicted octanol–water partition coefficient (Wildman–Crippen LogP) is 3.06. The Morgan fingerprint density at radius 2 is 1.17 bits per heavy atom. The average molecular weight is 465 g/mol. The van der Waals surface area contributed by atoms with E-state index in [0.717, 1.165) is 0 Å². The van der Waals surface area contributed by atoms with Gasteiger partial charge in [0.2, 0.25) is 0 Å². The minimum atomic E-state index is -0.385. The second kappa shape index (κ2) is 13.5. The van der Waals surface area contributed by atoms with Gasteiger partial charge in [-0.2, -0.15) is 0 Å². The normalized spacial score (nSPS) is 10.4. The first-order chi connectivity index (χ1) is 13.8. The zero-order chi connectivity index (χ0) is 21.8. The Balaban J connectivity index is 3.01. The van der Waals surface area contributed by atoms with Crippen LogP contribution in [0.2, 0.25) is 0 Å². The monoisotopic (exact) mass is 464 g/mol. The first kappa shape index (κ1) is 25.3. The summed E-state index contributed by atoms with van der Waals surface area (Å²) >= 11 is 3.61. The topological polar surface area (TPSA) is 119 Å². The number of carbonyl (C=O) groups excluding carboxylic acids is 3. The molecule has 162 valence electrons. The van der Waals surface area contributed by atoms with Gasteiger partial charge in [-0.25, -0.2) is 0 Å². The quantitative estimate of drug-likeness (QED) is 0.205. The van der Waals surface area contributed by atoms with Gasteiger partial charge in [0.15, 0.2) is 0 Å². The minimum absolute atomic E-state index is 0.0481. The van der Waals surface area contributed by atoms with Gasteiger partial charge in [0.1, 0.15) is 11.5 Å². The number of benzene rings is 1. The van der Waals surface area contributed by atoms with Crippen LogP contribution in [0.5, 0.6) is 11.5 Å². The van der Waals surface area contributed by atoms with Crippen LogP contribution in [0.15, 0.2) is 20.8 Å². The van der Waals surface area contributed by atoms with E-state index in [9.17, 15) is 24.6 Å². The Kier molecular flexibility index (Phi) is 11.8. The van der Waals surface area contributed by atoms with E-state index in [2.05, 4.69) is 14.2 Å². The molecule has 0 unspecified atom stereocenters. The van der Waals surface area contributed by atoms with Gasteiger partial charge in [-0.3, -0.25) is 14.4 Å². The SMILES string of the molecule is COC(=O)CCSc1cc(O)c(SCCC(=O)OC)c(SCCC(=O)OC)c1O. The highest BCUT2D eigenvalue weighted by Crippen LogP contribution is 2.48. The van der Waals surface area contributed by atoms with Crippen molar-refractivity contribution in [2.75, 3.05) is 38.6 Å². The van der Waals surface area contributed by atoms with Crippen LogP contribution >= 0.6 is 35.3 Å². The summed E-state index contributed by atoms with van der Waals surface area (Å²) in [6.45, 7) is 0. The molecule has 0 aliphatic heterocycles. The molecule has 8 nitrogen and oxygen atoms in total. The Hall–Kier alpha value is -1.72. The largest absolute Gasteiger partial charge is 0.507 e. The van der Waals surface area contributed by atoms with Crippen molar-refractivity contribution in [2.45, 2.75) is 33.9 Å². The number of carbonyl (C=O) groups is 3. The number of esters is 3. The van der Waals surface area contributed by atoms with Crippen molar-refractivity contribution in [3.63, 3.8) is 0 Å². The maximum absolute atomic E-state index is 11.4. The lowest BCUT2D eigenvalue weighted by Crippen LogP contribution is -2.02. The van der Waals surface area contributed by atoms with Gasteiger partial charge >= 0.3 is 17.9 Å². The van der Waals surface area contributed by atoms with Crippen molar-refractivity contribution in [1.29, 1.82) is 0 Å². The van der Waals surface area contributed by atoms with Crippen molar-refractivity contribution in [3.8, 4) is 11.5 Å². The first-order valence-electron chi connectivity index (χ1n) is 8.51. The zero-order valence-corrected chi connectivity index (χ0v) is 18.8. The molecule has 2 N–H and O–H groups in total. The molecule has 1 aromatic rings. The zero-order valence-electron chi connectivity index (χ0n) is 16.4. The molecule has 0 spiro atoms. The summed E-state index contributed by atoms with van der Waals surface area (Å²) in [4.78, 5) is 35.2. The van der Waals surface area contributed by atoms with Crippen molar-refractivity contribution in [2.24, 2.45) is 0 Å². The van der Waals surface area contributed by atoms with Crippen LogP contribution in [-0.4, -0.2) is 66.7 Å². The molecule has 0 radical (unpaired) electrons. The summed E-state index contributed by atoms with van der Waals surface area (Å²) in [7, 11) is 3.89. The molecule has 0 heterocycles. The summed E-state index contributed by atoms with van der Waals surface area (Å²) in [5, 5.41) is 21.2. The maximum atomic E-state index is 11.4. The van der Waals surface area contributed by atoms with Gasteiger partial charge in [0.25, 0.3) is 0 Å². The lowest BCUT2D eigenvalue weighted by atomic mass is 10.3. The smallest absolute Gasteiger partial charge is 0.306 e. The average Bonchev–Trinajstić information content (AvgIpc) is 2.72. The van der Waals surface area contributed by atoms with E-state index in [0.29, 0.717) is 31.9 Å². The van der Waals surface area contributed by atoms with E-state index in [1.54, 1.807) is 0 Å². The Morgan fingerprint density at radius 3 is 1.62 bits per heavy atom. The molecule has 0 aliphatic rings. The molecule has 0 saturated carbocycles. The highest BCUT2D eigenvalue weighted by molar-refractivity contribution is 8.02. The van der Waals surface area contributed by atoms with Crippen LogP contribution < -0.4 is 0 Å². The number of phenolic OH excluding ortho intramolecular Hbond substituents is 2. The maximum Gasteiger partial charge on any atom is 0.306 e. The number of thioether (sulfide) groups is 3. The lowest BCUT2D eigenvalue weighted by molar-refractivity contribution is -0.141. The van der Waals surface area contributed by atoms with Crippen LogP contribution in [0.25, 0.3) is 0 Å². The highest BCUT2D eigenvalue weighted by atomic mass is 32.2. The van der Waals surface area contributed by atoms with E-state index in [4.69, 9.17) is 0 Å². The lowest BCUT2D eigenvalue weighted by Gasteiger charge is -2.16. The minimum Gasteiger partial charge on any atom is -0.507 e. The summed E-state index contributed by atoms with van der Waals surface area (Å²) in [6.07, 6.45) is 0.429. The van der Waals surface area contributed by atoms with Gasteiger partial charge < -0.3 is 24.4 Å². The van der Waals surface area contributed by atoms with E-state index < -0.39 is 0 Å². The first-order valence-corrected chi connectivity index (χ1v) is 11.5. The van der Waals surface area contributed by atoms with Gasteiger partial charge in [-0.15, -0.1) is 35.3 Å². The van der Waals surface area contributed by atoms with Gasteiger partial charge in [-0.1, -0.05) is 0 Å². The molecule has 11 heteroatoms. The molecule has 0 bridgehead atoms. The number of aromatic hydroxyl groups is 2. The Labute approximate surface area is 182 Å². The van der Waals surface area contributed by atoms with Crippen molar-refractivity contribution < 1.29 is 38.8 Å². The standard InChI is InChI=1S/C18H24O8S3/c1-24-13(20)4-7-27-12-10-11(19)17(28-8-5-14(21)25-2)18(16(12)23)29-9-6-15(22)26-3/h10,19,23H,4-9H2,1-3H3. The van der Waals surface area contributed by atoms with Crippen molar-refractivity contribution in [1.82, 2.24) is 0 Å². The molecular weight excluding hydrogens is 440 g/mol. The molecule has 1 aromatic carbocycles. The molecule has 29 heavy (non-hydrogen) atoms. The van der Waals surface area contributed by atoms with Crippen molar-refractivity contribution in [3.05, 3.63) is 6.07 Å².